The summed E-state index contributed by atoms with van der Waals surface area (Å²) in [6.07, 6.45) is 3.44. The van der Waals surface area contributed by atoms with Crippen molar-refractivity contribution in [2.24, 2.45) is 11.7 Å². The molecule has 23 heavy (non-hydrogen) atoms. The Kier molecular flexibility index (Phi) is 8.02. The SMILES string of the molecule is Cl.NC(CNC(=O)CS(=O)(=O)CCCc1ccccc1)C1CC1. The van der Waals surface area contributed by atoms with E-state index in [9.17, 15) is 13.2 Å². The van der Waals surface area contributed by atoms with Gasteiger partial charge in [-0.25, -0.2) is 8.42 Å². The van der Waals surface area contributed by atoms with E-state index in [2.05, 4.69) is 5.32 Å². The Labute approximate surface area is 144 Å². The first-order valence-electron chi connectivity index (χ1n) is 7.73. The van der Waals surface area contributed by atoms with Gasteiger partial charge in [-0.2, -0.15) is 0 Å². The van der Waals surface area contributed by atoms with Crippen LogP contribution in [0.1, 0.15) is 24.8 Å². The molecule has 1 saturated carbocycles. The van der Waals surface area contributed by atoms with E-state index >= 15 is 0 Å². The molecule has 0 spiro atoms. The molecular formula is C16H25ClN2O3S. The molecule has 0 radical (unpaired) electrons. The largest absolute Gasteiger partial charge is 0.354 e. The molecule has 1 aromatic rings. The number of sulfone groups is 1. The summed E-state index contributed by atoms with van der Waals surface area (Å²) >= 11 is 0. The minimum atomic E-state index is -3.36. The lowest BCUT2D eigenvalue weighted by molar-refractivity contribution is -0.118. The first-order valence-corrected chi connectivity index (χ1v) is 9.55. The molecule has 1 fully saturated rings. The molecule has 0 bridgehead atoms. The maximum atomic E-state index is 11.9. The van der Waals surface area contributed by atoms with Crippen LogP contribution >= 0.6 is 12.4 Å². The summed E-state index contributed by atoms with van der Waals surface area (Å²) in [6.45, 7) is 0.364. The Morgan fingerprint density at radius 1 is 1.26 bits per heavy atom. The number of carbonyl (C=O) groups is 1. The average Bonchev–Trinajstić information content (AvgIpc) is 3.30. The topological polar surface area (TPSA) is 89.3 Å². The molecule has 2 rings (SSSR count). The summed E-state index contributed by atoms with van der Waals surface area (Å²) in [7, 11) is -3.36. The van der Waals surface area contributed by atoms with Crippen LogP contribution in [0.15, 0.2) is 30.3 Å². The van der Waals surface area contributed by atoms with Gasteiger partial charge in [0.1, 0.15) is 5.75 Å². The van der Waals surface area contributed by atoms with E-state index in [0.717, 1.165) is 18.4 Å². The second-order valence-electron chi connectivity index (χ2n) is 5.99. The van der Waals surface area contributed by atoms with Gasteiger partial charge in [0, 0.05) is 12.6 Å². The lowest BCUT2D eigenvalue weighted by atomic mass is 10.1. The normalized spacial score (nSPS) is 15.5. The maximum Gasteiger partial charge on any atom is 0.235 e. The van der Waals surface area contributed by atoms with Gasteiger partial charge in [-0.15, -0.1) is 12.4 Å². The van der Waals surface area contributed by atoms with Crippen LogP contribution in [0.5, 0.6) is 0 Å². The average molecular weight is 361 g/mol. The third-order valence-corrected chi connectivity index (χ3v) is 5.49. The molecule has 1 atom stereocenters. The van der Waals surface area contributed by atoms with E-state index in [-0.39, 0.29) is 24.2 Å². The fraction of sp³-hybridized carbons (Fsp3) is 0.562. The Hall–Kier alpha value is -1.11. The monoisotopic (exact) mass is 360 g/mol. The number of hydrogen-bond donors (Lipinski definition) is 2. The van der Waals surface area contributed by atoms with Gasteiger partial charge in [-0.3, -0.25) is 4.79 Å². The Bertz CT molecular complexity index is 589. The Balaban J connectivity index is 0.00000264. The van der Waals surface area contributed by atoms with Crippen molar-refractivity contribution in [2.45, 2.75) is 31.7 Å². The molecule has 0 aliphatic heterocycles. The zero-order chi connectivity index (χ0) is 16.0. The lowest BCUT2D eigenvalue weighted by Gasteiger charge is -2.11. The molecule has 1 aliphatic carbocycles. The highest BCUT2D eigenvalue weighted by Gasteiger charge is 2.28. The fourth-order valence-electron chi connectivity index (χ4n) is 2.39. The molecule has 5 nitrogen and oxygen atoms in total. The molecule has 1 aliphatic rings. The van der Waals surface area contributed by atoms with Crippen molar-refractivity contribution in [3.8, 4) is 0 Å². The molecule has 7 heteroatoms. The van der Waals surface area contributed by atoms with Gasteiger partial charge in [0.2, 0.25) is 5.91 Å². The number of rotatable bonds is 9. The van der Waals surface area contributed by atoms with Crippen molar-refractivity contribution in [3.05, 3.63) is 35.9 Å². The number of nitrogens with two attached hydrogens (primary N) is 1. The van der Waals surface area contributed by atoms with Crippen molar-refractivity contribution in [3.63, 3.8) is 0 Å². The van der Waals surface area contributed by atoms with E-state index in [0.29, 0.717) is 25.3 Å². The molecule has 1 unspecified atom stereocenters. The lowest BCUT2D eigenvalue weighted by Crippen LogP contribution is -2.41. The summed E-state index contributed by atoms with van der Waals surface area (Å²) < 4.78 is 23.9. The Morgan fingerprint density at radius 2 is 1.91 bits per heavy atom. The second-order valence-corrected chi connectivity index (χ2v) is 8.17. The van der Waals surface area contributed by atoms with Crippen LogP contribution < -0.4 is 11.1 Å². The number of carbonyl (C=O) groups excluding carboxylic acids is 1. The maximum absolute atomic E-state index is 11.9. The van der Waals surface area contributed by atoms with Gasteiger partial charge in [0.05, 0.1) is 5.75 Å². The van der Waals surface area contributed by atoms with Crippen LogP contribution in [-0.2, 0) is 21.1 Å². The zero-order valence-corrected chi connectivity index (χ0v) is 14.7. The van der Waals surface area contributed by atoms with Gasteiger partial charge < -0.3 is 11.1 Å². The van der Waals surface area contributed by atoms with E-state index in [1.54, 1.807) is 0 Å². The second kappa shape index (κ2) is 9.25. The van der Waals surface area contributed by atoms with E-state index in [1.165, 1.54) is 0 Å². The van der Waals surface area contributed by atoms with Crippen LogP contribution in [0, 0.1) is 5.92 Å². The molecular weight excluding hydrogens is 336 g/mol. The summed E-state index contributed by atoms with van der Waals surface area (Å²) in [6, 6.07) is 9.68. The standard InChI is InChI=1S/C16H24N2O3S.ClH/c17-15(14-8-9-14)11-18-16(19)12-22(20,21)10-4-7-13-5-2-1-3-6-13;/h1-3,5-6,14-15H,4,7-12,17H2,(H,18,19);1H. The highest BCUT2D eigenvalue weighted by Crippen LogP contribution is 2.31. The fourth-order valence-corrected chi connectivity index (χ4v) is 3.62. The summed E-state index contributed by atoms with van der Waals surface area (Å²) in [5, 5.41) is 2.62. The van der Waals surface area contributed by atoms with Gasteiger partial charge in [0.15, 0.2) is 9.84 Å². The molecule has 1 amide bonds. The summed E-state index contributed by atoms with van der Waals surface area (Å²) in [5.41, 5.74) is 6.98. The third kappa shape index (κ3) is 7.81. The number of aryl methyl sites for hydroxylation is 1. The number of nitrogens with one attached hydrogen (secondary N) is 1. The quantitative estimate of drug-likeness (QED) is 0.694. The van der Waals surface area contributed by atoms with Crippen LogP contribution in [0.25, 0.3) is 0 Å². The number of hydrogen-bond acceptors (Lipinski definition) is 4. The van der Waals surface area contributed by atoms with Crippen LogP contribution in [0.3, 0.4) is 0 Å². The zero-order valence-electron chi connectivity index (χ0n) is 13.1. The molecule has 0 heterocycles. The van der Waals surface area contributed by atoms with Crippen molar-refractivity contribution < 1.29 is 13.2 Å². The number of benzene rings is 1. The highest BCUT2D eigenvalue weighted by atomic mass is 35.5. The Morgan fingerprint density at radius 3 is 2.52 bits per heavy atom. The van der Waals surface area contributed by atoms with E-state index in [4.69, 9.17) is 5.73 Å². The van der Waals surface area contributed by atoms with Gasteiger partial charge in [-0.1, -0.05) is 30.3 Å². The van der Waals surface area contributed by atoms with E-state index < -0.39 is 21.5 Å². The smallest absolute Gasteiger partial charge is 0.235 e. The predicted octanol–water partition coefficient (Wildman–Crippen LogP) is 1.31. The van der Waals surface area contributed by atoms with Gasteiger partial charge in [-0.05, 0) is 37.2 Å². The predicted molar refractivity (Wildman–Crippen MR) is 94.4 cm³/mol. The van der Waals surface area contributed by atoms with Crippen molar-refractivity contribution >= 4 is 28.2 Å². The van der Waals surface area contributed by atoms with Gasteiger partial charge in [0.25, 0.3) is 0 Å². The van der Waals surface area contributed by atoms with Crippen LogP contribution in [-0.4, -0.2) is 38.4 Å². The molecule has 130 valence electrons. The van der Waals surface area contributed by atoms with Crippen molar-refractivity contribution in [1.82, 2.24) is 5.32 Å². The minimum absolute atomic E-state index is 0. The van der Waals surface area contributed by atoms with Gasteiger partial charge >= 0.3 is 0 Å². The summed E-state index contributed by atoms with van der Waals surface area (Å²) in [4.78, 5) is 11.7. The van der Waals surface area contributed by atoms with Crippen molar-refractivity contribution in [1.29, 1.82) is 0 Å². The first-order chi connectivity index (χ1) is 10.5. The molecule has 0 saturated heterocycles. The van der Waals surface area contributed by atoms with Crippen LogP contribution in [0.4, 0.5) is 0 Å². The van der Waals surface area contributed by atoms with Crippen LogP contribution in [0.2, 0.25) is 0 Å². The van der Waals surface area contributed by atoms with Crippen molar-refractivity contribution in [2.75, 3.05) is 18.1 Å². The number of amides is 1. The molecule has 3 N–H and O–H groups in total. The third-order valence-electron chi connectivity index (χ3n) is 3.88. The first kappa shape index (κ1) is 19.9. The summed E-state index contributed by atoms with van der Waals surface area (Å²) in [5.74, 6) is -0.373. The molecule has 0 aromatic heterocycles. The van der Waals surface area contributed by atoms with E-state index in [1.807, 2.05) is 30.3 Å². The molecule has 1 aromatic carbocycles. The highest BCUT2D eigenvalue weighted by molar-refractivity contribution is 7.92. The minimum Gasteiger partial charge on any atom is -0.354 e. The number of halogens is 1.